The first-order valence-corrected chi connectivity index (χ1v) is 7.10. The Hall–Kier alpha value is -2.18. The molecular formula is C15H20N6. The normalized spacial score (nSPS) is 12.9. The molecule has 1 aromatic carbocycles. The lowest BCUT2D eigenvalue weighted by atomic mass is 10.1. The van der Waals surface area contributed by atoms with Crippen LogP contribution < -0.4 is 11.3 Å². The van der Waals surface area contributed by atoms with Crippen molar-refractivity contribution in [1.29, 1.82) is 0 Å². The first-order chi connectivity index (χ1) is 10.3. The lowest BCUT2D eigenvalue weighted by molar-refractivity contribution is 0.437. The molecule has 110 valence electrons. The number of benzene rings is 1. The lowest BCUT2D eigenvalue weighted by Gasteiger charge is -2.16. The molecule has 1 atom stereocenters. The van der Waals surface area contributed by atoms with E-state index in [0.717, 1.165) is 30.4 Å². The molecule has 6 nitrogen and oxygen atoms in total. The molecule has 0 bridgehead atoms. The summed E-state index contributed by atoms with van der Waals surface area (Å²) in [5, 5.41) is 4.19. The number of nitrogens with two attached hydrogens (primary N) is 1. The Balaban J connectivity index is 1.66. The van der Waals surface area contributed by atoms with Gasteiger partial charge in [-0.25, -0.2) is 4.98 Å². The van der Waals surface area contributed by atoms with E-state index in [2.05, 4.69) is 26.1 Å². The maximum Gasteiger partial charge on any atom is 0.0958 e. The number of fused-ring (bicyclic) bond motifs is 1. The van der Waals surface area contributed by atoms with Crippen LogP contribution in [0.4, 0.5) is 0 Å². The molecule has 21 heavy (non-hydrogen) atoms. The smallest absolute Gasteiger partial charge is 0.0958 e. The zero-order valence-electron chi connectivity index (χ0n) is 12.1. The van der Waals surface area contributed by atoms with Gasteiger partial charge >= 0.3 is 0 Å². The maximum atomic E-state index is 5.70. The van der Waals surface area contributed by atoms with Crippen LogP contribution in [0.15, 0.2) is 43.0 Å². The van der Waals surface area contributed by atoms with Crippen LogP contribution in [-0.2, 0) is 20.0 Å². The summed E-state index contributed by atoms with van der Waals surface area (Å²) in [6.45, 7) is 0.803. The van der Waals surface area contributed by atoms with E-state index in [0.29, 0.717) is 0 Å². The molecule has 0 aliphatic rings. The number of hydrogen-bond acceptors (Lipinski definition) is 4. The van der Waals surface area contributed by atoms with Crippen LogP contribution in [0.3, 0.4) is 0 Å². The van der Waals surface area contributed by atoms with Crippen molar-refractivity contribution in [3.05, 3.63) is 48.5 Å². The molecule has 0 aliphatic heterocycles. The first kappa shape index (κ1) is 13.8. The molecule has 0 fully saturated rings. The van der Waals surface area contributed by atoms with Crippen LogP contribution in [0.2, 0.25) is 0 Å². The third-order valence-corrected chi connectivity index (χ3v) is 3.72. The lowest BCUT2D eigenvalue weighted by Crippen LogP contribution is -2.38. The molecule has 0 spiro atoms. The second-order valence-corrected chi connectivity index (χ2v) is 5.31. The van der Waals surface area contributed by atoms with Crippen LogP contribution in [0.1, 0.15) is 12.0 Å². The van der Waals surface area contributed by atoms with Gasteiger partial charge in [-0.1, -0.05) is 12.1 Å². The Morgan fingerprint density at radius 1 is 1.33 bits per heavy atom. The quantitative estimate of drug-likeness (QED) is 0.527. The highest BCUT2D eigenvalue weighted by atomic mass is 15.3. The van der Waals surface area contributed by atoms with Gasteiger partial charge in [-0.05, 0) is 30.5 Å². The molecule has 3 N–H and O–H groups in total. The largest absolute Gasteiger partial charge is 0.329 e. The Morgan fingerprint density at radius 3 is 2.95 bits per heavy atom. The van der Waals surface area contributed by atoms with Crippen molar-refractivity contribution in [2.45, 2.75) is 25.4 Å². The van der Waals surface area contributed by atoms with E-state index in [9.17, 15) is 0 Å². The van der Waals surface area contributed by atoms with Gasteiger partial charge in [0.25, 0.3) is 0 Å². The first-order valence-electron chi connectivity index (χ1n) is 7.10. The molecule has 0 amide bonds. The van der Waals surface area contributed by atoms with Gasteiger partial charge in [-0.3, -0.25) is 16.0 Å². The van der Waals surface area contributed by atoms with Gasteiger partial charge in [0.15, 0.2) is 0 Å². The van der Waals surface area contributed by atoms with E-state index in [1.54, 1.807) is 0 Å². The minimum atomic E-state index is 0.197. The second kappa shape index (κ2) is 6.07. The molecule has 2 aromatic heterocycles. The summed E-state index contributed by atoms with van der Waals surface area (Å²) in [4.78, 5) is 4.41. The molecule has 1 unspecified atom stereocenters. The minimum Gasteiger partial charge on any atom is -0.329 e. The maximum absolute atomic E-state index is 5.70. The van der Waals surface area contributed by atoms with Gasteiger partial charge in [0.1, 0.15) is 0 Å². The summed E-state index contributed by atoms with van der Waals surface area (Å²) in [7, 11) is 1.93. The number of rotatable bonds is 6. The standard InChI is InChI=1S/C15H20N6/c1-20-9-12(8-18-20)6-7-13(19-16)10-21-11-17-14-4-2-3-5-15(14)21/h2-5,8-9,11,13,19H,6-7,10,16H2,1H3. The SMILES string of the molecule is Cn1cc(CCC(Cn2cnc3ccccc32)NN)cn1. The highest BCUT2D eigenvalue weighted by molar-refractivity contribution is 5.74. The van der Waals surface area contributed by atoms with E-state index in [4.69, 9.17) is 5.84 Å². The number of hydrogen-bond donors (Lipinski definition) is 2. The number of nitrogens with zero attached hydrogens (tertiary/aromatic N) is 4. The van der Waals surface area contributed by atoms with E-state index >= 15 is 0 Å². The number of imidazole rings is 1. The minimum absolute atomic E-state index is 0.197. The fourth-order valence-corrected chi connectivity index (χ4v) is 2.56. The summed E-state index contributed by atoms with van der Waals surface area (Å²) in [5.41, 5.74) is 6.29. The van der Waals surface area contributed by atoms with Crippen LogP contribution in [0.5, 0.6) is 0 Å². The van der Waals surface area contributed by atoms with E-state index in [-0.39, 0.29) is 6.04 Å². The highest BCUT2D eigenvalue weighted by Gasteiger charge is 2.10. The van der Waals surface area contributed by atoms with Crippen molar-refractivity contribution in [1.82, 2.24) is 24.8 Å². The highest BCUT2D eigenvalue weighted by Crippen LogP contribution is 2.13. The Bertz CT molecular complexity index is 714. The fourth-order valence-electron chi connectivity index (χ4n) is 2.56. The van der Waals surface area contributed by atoms with Crippen molar-refractivity contribution in [2.75, 3.05) is 0 Å². The second-order valence-electron chi connectivity index (χ2n) is 5.31. The predicted molar refractivity (Wildman–Crippen MR) is 82.4 cm³/mol. The molecule has 0 aliphatic carbocycles. The van der Waals surface area contributed by atoms with Crippen LogP contribution in [-0.4, -0.2) is 25.4 Å². The van der Waals surface area contributed by atoms with Crippen LogP contribution in [0, 0.1) is 0 Å². The molecule has 3 rings (SSSR count). The van der Waals surface area contributed by atoms with Crippen molar-refractivity contribution < 1.29 is 0 Å². The van der Waals surface area contributed by atoms with Crippen molar-refractivity contribution in [3.8, 4) is 0 Å². The zero-order valence-corrected chi connectivity index (χ0v) is 12.1. The van der Waals surface area contributed by atoms with Gasteiger partial charge in [-0.15, -0.1) is 0 Å². The third-order valence-electron chi connectivity index (χ3n) is 3.72. The predicted octanol–water partition coefficient (Wildman–Crippen LogP) is 1.23. The van der Waals surface area contributed by atoms with E-state index in [1.165, 1.54) is 5.56 Å². The molecule has 6 heteroatoms. The van der Waals surface area contributed by atoms with E-state index in [1.807, 2.05) is 48.6 Å². The third kappa shape index (κ3) is 3.12. The summed E-state index contributed by atoms with van der Waals surface area (Å²) in [5.74, 6) is 5.70. The Kier molecular flexibility index (Phi) is 3.98. The fraction of sp³-hybridized carbons (Fsp3) is 0.333. The van der Waals surface area contributed by atoms with Crippen LogP contribution >= 0.6 is 0 Å². The summed E-state index contributed by atoms with van der Waals surface area (Å²) in [6, 6.07) is 8.33. The topological polar surface area (TPSA) is 73.7 Å². The summed E-state index contributed by atoms with van der Waals surface area (Å²) < 4.78 is 3.96. The number of nitrogens with one attached hydrogen (secondary N) is 1. The monoisotopic (exact) mass is 284 g/mol. The number of aryl methyl sites for hydroxylation is 2. The molecule has 2 heterocycles. The van der Waals surface area contributed by atoms with Crippen molar-refractivity contribution in [3.63, 3.8) is 0 Å². The van der Waals surface area contributed by atoms with Gasteiger partial charge in [0.2, 0.25) is 0 Å². The van der Waals surface area contributed by atoms with Crippen molar-refractivity contribution in [2.24, 2.45) is 12.9 Å². The Morgan fingerprint density at radius 2 is 2.19 bits per heavy atom. The zero-order chi connectivity index (χ0) is 14.7. The average molecular weight is 284 g/mol. The van der Waals surface area contributed by atoms with Gasteiger partial charge < -0.3 is 4.57 Å². The van der Waals surface area contributed by atoms with Gasteiger partial charge in [-0.2, -0.15) is 5.10 Å². The molecule has 3 aromatic rings. The Labute approximate surface area is 123 Å². The number of para-hydroxylation sites is 2. The molecule has 0 radical (unpaired) electrons. The summed E-state index contributed by atoms with van der Waals surface area (Å²) in [6.07, 6.45) is 7.73. The molecule has 0 saturated heterocycles. The van der Waals surface area contributed by atoms with Gasteiger partial charge in [0.05, 0.1) is 23.6 Å². The average Bonchev–Trinajstić information content (AvgIpc) is 3.10. The number of hydrazine groups is 1. The van der Waals surface area contributed by atoms with Crippen LogP contribution in [0.25, 0.3) is 11.0 Å². The molecular weight excluding hydrogens is 264 g/mol. The van der Waals surface area contributed by atoms with E-state index < -0.39 is 0 Å². The molecule has 0 saturated carbocycles. The van der Waals surface area contributed by atoms with Crippen molar-refractivity contribution >= 4 is 11.0 Å². The summed E-state index contributed by atoms with van der Waals surface area (Å²) >= 11 is 0. The van der Waals surface area contributed by atoms with Gasteiger partial charge in [0, 0.05) is 25.8 Å². The number of aromatic nitrogens is 4.